The van der Waals surface area contributed by atoms with Gasteiger partial charge in [-0.25, -0.2) is 9.59 Å². The van der Waals surface area contributed by atoms with Gasteiger partial charge < -0.3 is 14.6 Å². The predicted molar refractivity (Wildman–Crippen MR) is 87.0 cm³/mol. The molecule has 0 bridgehead atoms. The molecule has 0 unspecified atom stereocenters. The summed E-state index contributed by atoms with van der Waals surface area (Å²) in [6.45, 7) is 6.40. The van der Waals surface area contributed by atoms with Gasteiger partial charge in [-0.2, -0.15) is 0 Å². The number of cyclic esters (lactones) is 1. The molecular formula is C18H23NO5. The predicted octanol–water partition coefficient (Wildman–Crippen LogP) is 1.11. The summed E-state index contributed by atoms with van der Waals surface area (Å²) >= 11 is 0. The fourth-order valence-electron chi connectivity index (χ4n) is 3.42. The van der Waals surface area contributed by atoms with Crippen LogP contribution < -0.4 is 0 Å². The molecule has 3 atom stereocenters. The standard InChI is InChI=1S/C18H23NO5/c1-4-12-9-11(2)18(3,22)17(21)23-10-13-5-7-19-8-6-14(15(13)19)24-16(12)20/h4-5,9,14-15,22H,6-8,10H2,1-3H3/b11-9-,12-4+/t14-,15-,18+/m1/s1. The fourth-order valence-corrected chi connectivity index (χ4v) is 3.42. The third kappa shape index (κ3) is 2.80. The van der Waals surface area contributed by atoms with E-state index >= 15 is 0 Å². The average Bonchev–Trinajstić information content (AvgIpc) is 3.12. The number of hydrogen-bond donors (Lipinski definition) is 1. The minimum Gasteiger partial charge on any atom is -0.459 e. The van der Waals surface area contributed by atoms with Gasteiger partial charge in [-0.3, -0.25) is 4.90 Å². The van der Waals surface area contributed by atoms with Crippen molar-refractivity contribution in [3.05, 3.63) is 34.9 Å². The lowest BCUT2D eigenvalue weighted by atomic mass is 9.94. The maximum absolute atomic E-state index is 12.5. The lowest BCUT2D eigenvalue weighted by molar-refractivity contribution is -0.159. The van der Waals surface area contributed by atoms with Gasteiger partial charge >= 0.3 is 11.9 Å². The van der Waals surface area contributed by atoms with Crippen LogP contribution in [-0.4, -0.2) is 59.4 Å². The molecule has 0 aliphatic carbocycles. The van der Waals surface area contributed by atoms with Gasteiger partial charge in [0.2, 0.25) is 0 Å². The van der Waals surface area contributed by atoms with Gasteiger partial charge in [-0.05, 0) is 44.4 Å². The number of carbonyl (C=O) groups is 2. The number of ether oxygens (including phenoxy) is 2. The molecule has 3 rings (SSSR count). The molecule has 3 aliphatic heterocycles. The van der Waals surface area contributed by atoms with Crippen molar-refractivity contribution < 1.29 is 24.2 Å². The van der Waals surface area contributed by atoms with Crippen LogP contribution in [0.25, 0.3) is 0 Å². The quantitative estimate of drug-likeness (QED) is 0.407. The first-order valence-electron chi connectivity index (χ1n) is 8.23. The van der Waals surface area contributed by atoms with Crippen molar-refractivity contribution in [2.75, 3.05) is 19.7 Å². The molecule has 0 spiro atoms. The van der Waals surface area contributed by atoms with Gasteiger partial charge in [0, 0.05) is 13.1 Å². The highest BCUT2D eigenvalue weighted by atomic mass is 16.6. The van der Waals surface area contributed by atoms with Crippen LogP contribution in [0.2, 0.25) is 0 Å². The van der Waals surface area contributed by atoms with Crippen molar-refractivity contribution in [2.24, 2.45) is 0 Å². The van der Waals surface area contributed by atoms with E-state index in [0.717, 1.165) is 25.1 Å². The summed E-state index contributed by atoms with van der Waals surface area (Å²) in [6.07, 6.45) is 5.64. The number of aliphatic hydroxyl groups is 1. The Labute approximate surface area is 141 Å². The Balaban J connectivity index is 1.98. The van der Waals surface area contributed by atoms with E-state index < -0.39 is 17.5 Å². The van der Waals surface area contributed by atoms with E-state index in [9.17, 15) is 14.7 Å². The minimum absolute atomic E-state index is 0.0469. The van der Waals surface area contributed by atoms with E-state index in [2.05, 4.69) is 4.90 Å². The Morgan fingerprint density at radius 2 is 2.17 bits per heavy atom. The molecular weight excluding hydrogens is 310 g/mol. The topological polar surface area (TPSA) is 76.1 Å². The largest absolute Gasteiger partial charge is 0.459 e. The summed E-state index contributed by atoms with van der Waals surface area (Å²) in [7, 11) is 0. The smallest absolute Gasteiger partial charge is 0.342 e. The maximum atomic E-state index is 12.5. The molecule has 0 aromatic heterocycles. The molecule has 3 aliphatic rings. The van der Waals surface area contributed by atoms with E-state index in [0.29, 0.717) is 11.1 Å². The van der Waals surface area contributed by atoms with E-state index in [1.165, 1.54) is 13.0 Å². The summed E-state index contributed by atoms with van der Waals surface area (Å²) in [6, 6.07) is -0.0469. The lowest BCUT2D eigenvalue weighted by Gasteiger charge is -2.27. The third-order valence-electron chi connectivity index (χ3n) is 5.13. The van der Waals surface area contributed by atoms with Crippen molar-refractivity contribution in [2.45, 2.75) is 44.9 Å². The molecule has 130 valence electrons. The van der Waals surface area contributed by atoms with E-state index in [1.54, 1.807) is 19.9 Å². The molecule has 0 aromatic rings. The molecule has 0 radical (unpaired) electrons. The first kappa shape index (κ1) is 16.9. The van der Waals surface area contributed by atoms with Crippen LogP contribution in [0.5, 0.6) is 0 Å². The molecule has 1 fully saturated rings. The van der Waals surface area contributed by atoms with Crippen LogP contribution in [0.4, 0.5) is 0 Å². The molecule has 0 saturated carbocycles. The second-order valence-corrected chi connectivity index (χ2v) is 6.67. The van der Waals surface area contributed by atoms with Crippen LogP contribution in [0.3, 0.4) is 0 Å². The Hall–Kier alpha value is -1.92. The fraction of sp³-hybridized carbons (Fsp3) is 0.556. The van der Waals surface area contributed by atoms with Crippen molar-refractivity contribution in [1.29, 1.82) is 0 Å². The highest BCUT2D eigenvalue weighted by molar-refractivity contribution is 5.93. The molecule has 0 amide bonds. The molecule has 0 aromatic carbocycles. The van der Waals surface area contributed by atoms with E-state index in [1.807, 2.05) is 6.08 Å². The second-order valence-electron chi connectivity index (χ2n) is 6.67. The van der Waals surface area contributed by atoms with Gasteiger partial charge in [-0.15, -0.1) is 0 Å². The third-order valence-corrected chi connectivity index (χ3v) is 5.13. The Morgan fingerprint density at radius 3 is 2.88 bits per heavy atom. The van der Waals surface area contributed by atoms with Crippen LogP contribution in [0.15, 0.2) is 34.9 Å². The van der Waals surface area contributed by atoms with Gasteiger partial charge in [0.05, 0.1) is 11.6 Å². The lowest BCUT2D eigenvalue weighted by Crippen LogP contribution is -2.41. The number of hydrogen-bond acceptors (Lipinski definition) is 6. The molecule has 1 saturated heterocycles. The molecule has 6 heteroatoms. The minimum atomic E-state index is -1.79. The molecule has 1 N–H and O–H groups in total. The maximum Gasteiger partial charge on any atom is 0.342 e. The molecule has 6 nitrogen and oxygen atoms in total. The van der Waals surface area contributed by atoms with Gasteiger partial charge in [0.15, 0.2) is 5.60 Å². The van der Waals surface area contributed by atoms with Gasteiger partial charge in [0.25, 0.3) is 0 Å². The zero-order valence-corrected chi connectivity index (χ0v) is 14.2. The van der Waals surface area contributed by atoms with Crippen LogP contribution in [-0.2, 0) is 19.1 Å². The molecule has 3 heterocycles. The van der Waals surface area contributed by atoms with Crippen LogP contribution >= 0.6 is 0 Å². The average molecular weight is 333 g/mol. The second kappa shape index (κ2) is 6.18. The van der Waals surface area contributed by atoms with Crippen LogP contribution in [0, 0.1) is 0 Å². The monoisotopic (exact) mass is 333 g/mol. The van der Waals surface area contributed by atoms with Gasteiger partial charge in [0.1, 0.15) is 12.7 Å². The number of nitrogens with zero attached hydrogens (tertiary/aromatic N) is 1. The highest BCUT2D eigenvalue weighted by Crippen LogP contribution is 2.33. The van der Waals surface area contributed by atoms with Crippen molar-refractivity contribution in [3.63, 3.8) is 0 Å². The summed E-state index contributed by atoms with van der Waals surface area (Å²) in [5.41, 5.74) is -0.202. The summed E-state index contributed by atoms with van der Waals surface area (Å²) in [5.74, 6) is -1.14. The van der Waals surface area contributed by atoms with E-state index in [4.69, 9.17) is 9.47 Å². The number of allylic oxidation sites excluding steroid dienone is 1. The zero-order valence-electron chi connectivity index (χ0n) is 14.2. The SMILES string of the molecule is C/C=C1\C=C(\C)[C@](C)(O)C(=O)OCC2=CCN3CC[C@@H](OC1=O)[C@@H]23. The zero-order chi connectivity index (χ0) is 17.5. The van der Waals surface area contributed by atoms with Crippen molar-refractivity contribution in [1.82, 2.24) is 4.90 Å². The van der Waals surface area contributed by atoms with Gasteiger partial charge in [-0.1, -0.05) is 12.2 Å². The first-order chi connectivity index (χ1) is 11.3. The van der Waals surface area contributed by atoms with Crippen molar-refractivity contribution >= 4 is 11.9 Å². The number of rotatable bonds is 0. The molecule has 24 heavy (non-hydrogen) atoms. The Bertz CT molecular complexity index is 658. The number of carbonyl (C=O) groups excluding carboxylic acids is 2. The highest BCUT2D eigenvalue weighted by Gasteiger charge is 2.43. The normalized spacial score (nSPS) is 38.4. The van der Waals surface area contributed by atoms with Crippen LogP contribution in [0.1, 0.15) is 27.2 Å². The summed E-state index contributed by atoms with van der Waals surface area (Å²) in [4.78, 5) is 27.0. The Kier molecular flexibility index (Phi) is 4.36. The number of esters is 2. The Morgan fingerprint density at radius 1 is 1.42 bits per heavy atom. The van der Waals surface area contributed by atoms with Crippen molar-refractivity contribution in [3.8, 4) is 0 Å². The van der Waals surface area contributed by atoms with E-state index in [-0.39, 0.29) is 18.8 Å². The first-order valence-corrected chi connectivity index (χ1v) is 8.23. The summed E-state index contributed by atoms with van der Waals surface area (Å²) in [5, 5.41) is 10.5. The summed E-state index contributed by atoms with van der Waals surface area (Å²) < 4.78 is 11.1.